The van der Waals surface area contributed by atoms with E-state index in [1.54, 1.807) is 11.8 Å². The second-order valence-corrected chi connectivity index (χ2v) is 5.24. The third kappa shape index (κ3) is 3.53. The van der Waals surface area contributed by atoms with E-state index in [0.29, 0.717) is 31.9 Å². The summed E-state index contributed by atoms with van der Waals surface area (Å²) in [6.07, 6.45) is 1.38. The van der Waals surface area contributed by atoms with E-state index in [2.05, 4.69) is 15.3 Å². The van der Waals surface area contributed by atoms with Crippen molar-refractivity contribution in [1.29, 1.82) is 0 Å². The van der Waals surface area contributed by atoms with E-state index in [1.165, 1.54) is 0 Å². The summed E-state index contributed by atoms with van der Waals surface area (Å²) in [5.74, 6) is 0.302. The predicted octanol–water partition coefficient (Wildman–Crippen LogP) is 1.29. The smallest absolute Gasteiger partial charge is 0.229 e. The molecule has 1 saturated heterocycles. The van der Waals surface area contributed by atoms with Crippen LogP contribution in [0, 0.1) is 19.8 Å². The molecule has 20 heavy (non-hydrogen) atoms. The molecule has 0 spiro atoms. The first-order chi connectivity index (χ1) is 9.45. The van der Waals surface area contributed by atoms with Crippen LogP contribution in [0.25, 0.3) is 0 Å². The minimum Gasteiger partial charge on any atom is -0.343 e. The number of nitrogens with zero attached hydrogens (tertiary/aromatic N) is 3. The van der Waals surface area contributed by atoms with Crippen LogP contribution in [0.15, 0.2) is 6.07 Å². The molecule has 1 fully saturated rings. The normalized spacial score (nSPS) is 16.1. The Kier molecular flexibility index (Phi) is 4.32. The van der Waals surface area contributed by atoms with Gasteiger partial charge in [-0.2, -0.15) is 0 Å². The highest BCUT2D eigenvalue weighted by Gasteiger charge is 2.26. The molecule has 2 amide bonds. The second-order valence-electron chi connectivity index (χ2n) is 5.24. The van der Waals surface area contributed by atoms with Gasteiger partial charge in [-0.25, -0.2) is 9.97 Å². The molecule has 0 aromatic carbocycles. The Bertz CT molecular complexity index is 502. The van der Waals surface area contributed by atoms with Crippen molar-refractivity contribution >= 4 is 17.8 Å². The minimum absolute atomic E-state index is 0.0572. The second kappa shape index (κ2) is 5.98. The third-order valence-corrected chi connectivity index (χ3v) is 3.53. The van der Waals surface area contributed by atoms with Gasteiger partial charge in [0.15, 0.2) is 0 Å². The summed E-state index contributed by atoms with van der Waals surface area (Å²) in [6, 6.07) is 1.86. The zero-order valence-electron chi connectivity index (χ0n) is 12.1. The Morgan fingerprint density at radius 1 is 1.20 bits per heavy atom. The van der Waals surface area contributed by atoms with E-state index >= 15 is 0 Å². The standard InChI is InChI=1S/C14H20N4O2/c1-9-8-10(2)16-14(15-9)17-13(20)12-4-6-18(7-5-12)11(3)19/h8,12H,4-7H2,1-3H3,(H,15,16,17,20). The van der Waals surface area contributed by atoms with Crippen molar-refractivity contribution in [3.63, 3.8) is 0 Å². The average molecular weight is 276 g/mol. The van der Waals surface area contributed by atoms with Gasteiger partial charge in [-0.3, -0.25) is 14.9 Å². The number of amides is 2. The van der Waals surface area contributed by atoms with Gasteiger partial charge in [0, 0.05) is 37.3 Å². The Morgan fingerprint density at radius 2 is 1.75 bits per heavy atom. The van der Waals surface area contributed by atoms with Crippen LogP contribution in [0.3, 0.4) is 0 Å². The maximum Gasteiger partial charge on any atom is 0.229 e. The first-order valence-electron chi connectivity index (χ1n) is 6.84. The van der Waals surface area contributed by atoms with E-state index in [9.17, 15) is 9.59 Å². The Labute approximate surface area is 118 Å². The summed E-state index contributed by atoms with van der Waals surface area (Å²) in [5, 5.41) is 2.77. The number of likely N-dealkylation sites (tertiary alicyclic amines) is 1. The first-order valence-corrected chi connectivity index (χ1v) is 6.84. The summed E-state index contributed by atoms with van der Waals surface area (Å²) < 4.78 is 0. The van der Waals surface area contributed by atoms with Gasteiger partial charge in [0.2, 0.25) is 17.8 Å². The zero-order valence-corrected chi connectivity index (χ0v) is 12.1. The quantitative estimate of drug-likeness (QED) is 0.883. The molecule has 1 aromatic rings. The average Bonchev–Trinajstić information content (AvgIpc) is 2.37. The third-order valence-electron chi connectivity index (χ3n) is 3.53. The number of carbonyl (C=O) groups excluding carboxylic acids is 2. The monoisotopic (exact) mass is 276 g/mol. The van der Waals surface area contributed by atoms with E-state index in [-0.39, 0.29) is 17.7 Å². The fourth-order valence-electron chi connectivity index (χ4n) is 2.45. The van der Waals surface area contributed by atoms with Gasteiger partial charge in [0.1, 0.15) is 0 Å². The maximum absolute atomic E-state index is 12.2. The molecule has 6 heteroatoms. The molecular weight excluding hydrogens is 256 g/mol. The number of rotatable bonds is 2. The topological polar surface area (TPSA) is 75.2 Å². The van der Waals surface area contributed by atoms with Crippen molar-refractivity contribution in [2.75, 3.05) is 18.4 Å². The molecule has 0 unspecified atom stereocenters. The van der Waals surface area contributed by atoms with Gasteiger partial charge in [-0.05, 0) is 32.8 Å². The molecule has 0 bridgehead atoms. The number of nitrogens with one attached hydrogen (secondary N) is 1. The maximum atomic E-state index is 12.2. The molecule has 0 atom stereocenters. The molecule has 1 aliphatic heterocycles. The molecule has 1 aliphatic rings. The van der Waals surface area contributed by atoms with Gasteiger partial charge in [0.25, 0.3) is 0 Å². The minimum atomic E-state index is -0.0741. The molecule has 108 valence electrons. The number of anilines is 1. The summed E-state index contributed by atoms with van der Waals surface area (Å²) in [4.78, 5) is 33.6. The lowest BCUT2D eigenvalue weighted by Crippen LogP contribution is -2.40. The molecule has 1 aromatic heterocycles. The van der Waals surface area contributed by atoms with Crippen LogP contribution < -0.4 is 5.32 Å². The lowest BCUT2D eigenvalue weighted by atomic mass is 9.96. The van der Waals surface area contributed by atoms with Gasteiger partial charge in [-0.1, -0.05) is 0 Å². The van der Waals surface area contributed by atoms with Crippen LogP contribution in [0.2, 0.25) is 0 Å². The van der Waals surface area contributed by atoms with E-state index in [4.69, 9.17) is 0 Å². The van der Waals surface area contributed by atoms with Gasteiger partial charge >= 0.3 is 0 Å². The summed E-state index contributed by atoms with van der Waals surface area (Å²) in [5.41, 5.74) is 1.67. The molecule has 2 heterocycles. The van der Waals surface area contributed by atoms with Crippen molar-refractivity contribution in [3.8, 4) is 0 Å². The Morgan fingerprint density at radius 3 is 2.25 bits per heavy atom. The molecular formula is C14H20N4O2. The Balaban J connectivity index is 1.94. The lowest BCUT2D eigenvalue weighted by Gasteiger charge is -2.30. The van der Waals surface area contributed by atoms with Gasteiger partial charge < -0.3 is 4.90 Å². The van der Waals surface area contributed by atoms with Gasteiger partial charge in [0.05, 0.1) is 0 Å². The van der Waals surface area contributed by atoms with Crippen molar-refractivity contribution in [3.05, 3.63) is 17.5 Å². The number of carbonyl (C=O) groups is 2. The molecule has 2 rings (SSSR count). The molecule has 1 N–H and O–H groups in total. The van der Waals surface area contributed by atoms with Crippen molar-refractivity contribution in [1.82, 2.24) is 14.9 Å². The van der Waals surface area contributed by atoms with Crippen LogP contribution in [-0.4, -0.2) is 39.8 Å². The van der Waals surface area contributed by atoms with E-state index < -0.39 is 0 Å². The van der Waals surface area contributed by atoms with Crippen LogP contribution in [0.4, 0.5) is 5.95 Å². The van der Waals surface area contributed by atoms with Crippen molar-refractivity contribution in [2.24, 2.45) is 5.92 Å². The molecule has 6 nitrogen and oxygen atoms in total. The van der Waals surface area contributed by atoms with Crippen molar-refractivity contribution < 1.29 is 9.59 Å². The highest BCUT2D eigenvalue weighted by atomic mass is 16.2. The summed E-state index contributed by atoms with van der Waals surface area (Å²) >= 11 is 0. The lowest BCUT2D eigenvalue weighted by molar-refractivity contribution is -0.132. The predicted molar refractivity (Wildman–Crippen MR) is 75.1 cm³/mol. The fourth-order valence-corrected chi connectivity index (χ4v) is 2.45. The summed E-state index contributed by atoms with van der Waals surface area (Å²) in [7, 11) is 0. The van der Waals surface area contributed by atoms with E-state index in [1.807, 2.05) is 19.9 Å². The Hall–Kier alpha value is -1.98. The first kappa shape index (κ1) is 14.4. The van der Waals surface area contributed by atoms with E-state index in [0.717, 1.165) is 11.4 Å². The highest BCUT2D eigenvalue weighted by molar-refractivity contribution is 5.91. The molecule has 0 saturated carbocycles. The largest absolute Gasteiger partial charge is 0.343 e. The molecule has 0 aliphatic carbocycles. The van der Waals surface area contributed by atoms with Gasteiger partial charge in [-0.15, -0.1) is 0 Å². The van der Waals surface area contributed by atoms with Crippen LogP contribution in [0.5, 0.6) is 0 Å². The zero-order chi connectivity index (χ0) is 14.7. The van der Waals surface area contributed by atoms with Crippen LogP contribution >= 0.6 is 0 Å². The number of hydrogen-bond acceptors (Lipinski definition) is 4. The SMILES string of the molecule is CC(=O)N1CCC(C(=O)Nc2nc(C)cc(C)n2)CC1. The number of aryl methyl sites for hydroxylation is 2. The van der Waals surface area contributed by atoms with Crippen LogP contribution in [-0.2, 0) is 9.59 Å². The summed E-state index contributed by atoms with van der Waals surface area (Å²) in [6.45, 7) is 6.58. The number of piperidine rings is 1. The highest BCUT2D eigenvalue weighted by Crippen LogP contribution is 2.18. The number of hydrogen-bond donors (Lipinski definition) is 1. The van der Waals surface area contributed by atoms with Crippen molar-refractivity contribution in [2.45, 2.75) is 33.6 Å². The molecule has 0 radical (unpaired) electrons. The fraction of sp³-hybridized carbons (Fsp3) is 0.571. The van der Waals surface area contributed by atoms with Crippen LogP contribution in [0.1, 0.15) is 31.2 Å². The number of aromatic nitrogens is 2.